The fourth-order valence-corrected chi connectivity index (χ4v) is 8.54. The van der Waals surface area contributed by atoms with Gasteiger partial charge in [0, 0.05) is 16.4 Å². The Kier molecular flexibility index (Phi) is 4.83. The molecule has 0 unspecified atom stereocenters. The number of fused-ring (bicyclic) bond motifs is 6. The van der Waals surface area contributed by atoms with Gasteiger partial charge in [0.05, 0.1) is 13.7 Å². The Morgan fingerprint density at radius 2 is 1.07 bits per heavy atom. The molecule has 0 radical (unpaired) electrons. The molecule has 9 aromatic rings. The SMILES string of the molecule is [2H]c1c([2H])c([2H])c(-c2cc(-c3ccc4c(c3)-c3cccc5c(-c6c([2H])c([2H])c([2H])c([2H])c6[2H])ccc(c35)O4)cc(-c3ccc4cc5c(cc4c3)C(C)(C)c3ccccc3-5)c2)c([2H])c1[2H]. The van der Waals surface area contributed by atoms with E-state index in [1.807, 2.05) is 48.5 Å². The van der Waals surface area contributed by atoms with E-state index < -0.39 is 36.3 Å². The van der Waals surface area contributed by atoms with Gasteiger partial charge >= 0.3 is 0 Å². The minimum absolute atomic E-state index is 0.104. The molecule has 2 aliphatic rings. The lowest BCUT2D eigenvalue weighted by molar-refractivity contribution is 0.487. The van der Waals surface area contributed by atoms with E-state index >= 15 is 0 Å². The zero-order chi connectivity index (χ0) is 44.7. The Labute approximate surface area is 329 Å². The third-order valence-corrected chi connectivity index (χ3v) is 11.2. The number of ether oxygens (including phenoxy) is 1. The molecule has 9 aromatic carbocycles. The predicted molar refractivity (Wildman–Crippen MR) is 226 cm³/mol. The average molecular weight is 699 g/mol. The van der Waals surface area contributed by atoms with Gasteiger partial charge in [-0.2, -0.15) is 0 Å². The Balaban J connectivity index is 1.10. The molecule has 54 heavy (non-hydrogen) atoms. The van der Waals surface area contributed by atoms with Crippen LogP contribution in [0.25, 0.3) is 88.3 Å². The fraction of sp³-hybridized carbons (Fsp3) is 0.0566. The lowest BCUT2D eigenvalue weighted by Gasteiger charge is -2.23. The van der Waals surface area contributed by atoms with E-state index in [4.69, 9.17) is 18.4 Å². The van der Waals surface area contributed by atoms with E-state index in [1.54, 1.807) is 12.1 Å². The van der Waals surface area contributed by atoms with Crippen molar-refractivity contribution < 1.29 is 18.4 Å². The Bertz CT molecular complexity index is 3520. The van der Waals surface area contributed by atoms with E-state index in [0.29, 0.717) is 28.0 Å². The molecule has 0 saturated heterocycles. The lowest BCUT2D eigenvalue weighted by atomic mass is 9.82. The molecular formula is C53H36O. The van der Waals surface area contributed by atoms with Crippen molar-refractivity contribution in [3.63, 3.8) is 0 Å². The molecule has 0 spiro atoms. The van der Waals surface area contributed by atoms with Crippen molar-refractivity contribution in [1.82, 2.24) is 0 Å². The Morgan fingerprint density at radius 3 is 1.87 bits per heavy atom. The second-order valence-corrected chi connectivity index (χ2v) is 14.6. The summed E-state index contributed by atoms with van der Waals surface area (Å²) in [5.74, 6) is 1.18. The van der Waals surface area contributed by atoms with Gasteiger partial charge in [-0.25, -0.2) is 0 Å². The van der Waals surface area contributed by atoms with Crippen LogP contribution in [0, 0.1) is 0 Å². The van der Waals surface area contributed by atoms with Gasteiger partial charge in [-0.05, 0) is 143 Å². The number of benzene rings is 9. The maximum absolute atomic E-state index is 8.95. The van der Waals surface area contributed by atoms with Crippen molar-refractivity contribution in [2.75, 3.05) is 0 Å². The van der Waals surface area contributed by atoms with Crippen LogP contribution in [0.4, 0.5) is 0 Å². The van der Waals surface area contributed by atoms with Crippen molar-refractivity contribution in [1.29, 1.82) is 0 Å². The molecule has 0 atom stereocenters. The van der Waals surface area contributed by atoms with Crippen LogP contribution in [0.5, 0.6) is 11.5 Å². The van der Waals surface area contributed by atoms with Gasteiger partial charge in [0.1, 0.15) is 11.5 Å². The summed E-state index contributed by atoms with van der Waals surface area (Å²) in [6.07, 6.45) is 0. The summed E-state index contributed by atoms with van der Waals surface area (Å²) in [4.78, 5) is 0. The van der Waals surface area contributed by atoms with Crippen LogP contribution in [-0.4, -0.2) is 0 Å². The predicted octanol–water partition coefficient (Wildman–Crippen LogP) is 14.7. The summed E-state index contributed by atoms with van der Waals surface area (Å²) in [5, 5.41) is 3.56. The van der Waals surface area contributed by atoms with E-state index in [1.165, 1.54) is 22.3 Å². The Hall–Kier alpha value is -6.70. The number of hydrogen-bond acceptors (Lipinski definition) is 1. The summed E-state index contributed by atoms with van der Waals surface area (Å²) in [7, 11) is 0. The smallest absolute Gasteiger partial charge is 0.135 e. The lowest BCUT2D eigenvalue weighted by Crippen LogP contribution is -2.14. The van der Waals surface area contributed by atoms with Crippen molar-refractivity contribution >= 4 is 21.5 Å². The van der Waals surface area contributed by atoms with Crippen LogP contribution in [0.2, 0.25) is 0 Å². The summed E-state index contributed by atoms with van der Waals surface area (Å²) in [6.45, 7) is 4.51. The molecule has 11 rings (SSSR count). The van der Waals surface area contributed by atoms with Crippen LogP contribution in [0.3, 0.4) is 0 Å². The first-order valence-corrected chi connectivity index (χ1v) is 18.0. The van der Waals surface area contributed by atoms with Crippen molar-refractivity contribution in [2.45, 2.75) is 19.3 Å². The van der Waals surface area contributed by atoms with Gasteiger partial charge in [0.25, 0.3) is 0 Å². The fourth-order valence-electron chi connectivity index (χ4n) is 8.54. The molecule has 0 aromatic heterocycles. The van der Waals surface area contributed by atoms with Gasteiger partial charge < -0.3 is 4.74 Å². The highest BCUT2D eigenvalue weighted by molar-refractivity contribution is 6.10. The summed E-state index contributed by atoms with van der Waals surface area (Å²) in [5.41, 5.74) is 10.8. The third kappa shape index (κ3) is 4.72. The van der Waals surface area contributed by atoms with Crippen LogP contribution >= 0.6 is 0 Å². The first-order chi connectivity index (χ1) is 30.6. The third-order valence-electron chi connectivity index (χ3n) is 11.2. The van der Waals surface area contributed by atoms with E-state index in [9.17, 15) is 0 Å². The molecule has 0 fully saturated rings. The molecule has 1 aliphatic carbocycles. The number of rotatable bonds is 4. The van der Waals surface area contributed by atoms with Gasteiger partial charge in [0.15, 0.2) is 0 Å². The van der Waals surface area contributed by atoms with E-state index in [0.717, 1.165) is 49.5 Å². The van der Waals surface area contributed by atoms with Gasteiger partial charge in [-0.3, -0.25) is 0 Å². The molecule has 1 heteroatoms. The molecule has 0 saturated carbocycles. The molecule has 1 aliphatic heterocycles. The van der Waals surface area contributed by atoms with Gasteiger partial charge in [-0.1, -0.05) is 141 Å². The highest BCUT2D eigenvalue weighted by atomic mass is 16.5. The zero-order valence-corrected chi connectivity index (χ0v) is 29.5. The van der Waals surface area contributed by atoms with Crippen LogP contribution < -0.4 is 4.74 Å². The number of hydrogen-bond donors (Lipinski definition) is 0. The maximum Gasteiger partial charge on any atom is 0.135 e. The molecular weight excluding hydrogens is 653 g/mol. The second-order valence-electron chi connectivity index (χ2n) is 14.6. The summed E-state index contributed by atoms with van der Waals surface area (Å²) in [6, 6.07) is 36.6. The summed E-state index contributed by atoms with van der Waals surface area (Å²) >= 11 is 0. The van der Waals surface area contributed by atoms with E-state index in [-0.39, 0.29) is 40.7 Å². The Morgan fingerprint density at radius 1 is 0.407 bits per heavy atom. The zero-order valence-electron chi connectivity index (χ0n) is 39.5. The normalized spacial score (nSPS) is 15.9. The summed E-state index contributed by atoms with van der Waals surface area (Å²) < 4.78 is 92.0. The average Bonchev–Trinajstić information content (AvgIpc) is 3.53. The molecule has 1 heterocycles. The molecule has 1 nitrogen and oxygen atoms in total. The van der Waals surface area contributed by atoms with Gasteiger partial charge in [0.2, 0.25) is 0 Å². The second kappa shape index (κ2) is 11.7. The highest BCUT2D eigenvalue weighted by Crippen LogP contribution is 2.51. The monoisotopic (exact) mass is 698 g/mol. The van der Waals surface area contributed by atoms with Crippen molar-refractivity contribution in [3.8, 4) is 78.3 Å². The highest BCUT2D eigenvalue weighted by Gasteiger charge is 2.35. The minimum atomic E-state index is -0.457. The van der Waals surface area contributed by atoms with Gasteiger partial charge in [-0.15, -0.1) is 0 Å². The quantitative estimate of drug-likeness (QED) is 0.178. The maximum atomic E-state index is 8.95. The topological polar surface area (TPSA) is 9.23 Å². The first kappa shape index (κ1) is 22.4. The van der Waals surface area contributed by atoms with Crippen molar-refractivity contribution in [3.05, 3.63) is 193 Å². The van der Waals surface area contributed by atoms with Crippen LogP contribution in [-0.2, 0) is 5.41 Å². The van der Waals surface area contributed by atoms with Crippen molar-refractivity contribution in [2.24, 2.45) is 0 Å². The molecule has 0 N–H and O–H groups in total. The largest absolute Gasteiger partial charge is 0.456 e. The van der Waals surface area contributed by atoms with Crippen LogP contribution in [0.1, 0.15) is 38.7 Å². The molecule has 0 amide bonds. The van der Waals surface area contributed by atoms with E-state index in [2.05, 4.69) is 74.5 Å². The molecule has 254 valence electrons. The minimum Gasteiger partial charge on any atom is -0.456 e. The first-order valence-electron chi connectivity index (χ1n) is 23.0. The molecule has 0 bridgehead atoms. The standard InChI is InChI=1S/C53H36O/c1-53(2)48-19-10-9-16-43(48)46-30-36-21-20-35(26-41(36)32-49(46)53)39-27-38(33-12-5-3-6-13-33)28-40(29-39)37-22-24-50-47(31-37)45-18-11-17-44-42(34-14-7-4-8-15-34)23-25-51(54-50)52(44)45/h3-32H,1-2H3/i3D,4D,5D,6D,7D,8D,12D,13D,14D,15D. The van der Waals surface area contributed by atoms with Crippen LogP contribution in [0.15, 0.2) is 182 Å².